The SMILES string of the molecule is COC(=O)C(=C(Nc1ccc(F)cc1)SC)c1ccc(Cl)cc1Cl. The molecule has 0 aliphatic carbocycles. The Morgan fingerprint density at radius 3 is 2.38 bits per heavy atom. The van der Waals surface area contributed by atoms with Gasteiger partial charge in [-0.05, 0) is 42.7 Å². The van der Waals surface area contributed by atoms with Gasteiger partial charge < -0.3 is 10.1 Å². The zero-order valence-electron chi connectivity index (χ0n) is 12.9. The maximum atomic E-state index is 13.1. The minimum atomic E-state index is -0.543. The Kier molecular flexibility index (Phi) is 6.54. The van der Waals surface area contributed by atoms with Crippen molar-refractivity contribution >= 4 is 52.2 Å². The van der Waals surface area contributed by atoms with E-state index in [1.165, 1.54) is 31.0 Å². The van der Waals surface area contributed by atoms with Crippen molar-refractivity contribution in [2.45, 2.75) is 0 Å². The molecule has 0 unspecified atom stereocenters. The minimum Gasteiger partial charge on any atom is -0.465 e. The van der Waals surface area contributed by atoms with Gasteiger partial charge in [-0.25, -0.2) is 9.18 Å². The van der Waals surface area contributed by atoms with Crippen molar-refractivity contribution in [3.63, 3.8) is 0 Å². The first-order valence-corrected chi connectivity index (χ1v) is 8.79. The summed E-state index contributed by atoms with van der Waals surface area (Å²) in [6, 6.07) is 10.6. The van der Waals surface area contributed by atoms with Gasteiger partial charge in [0.15, 0.2) is 0 Å². The molecule has 1 N–H and O–H groups in total. The molecule has 24 heavy (non-hydrogen) atoms. The number of carbonyl (C=O) groups excluding carboxylic acids is 1. The normalized spacial score (nSPS) is 11.7. The van der Waals surface area contributed by atoms with Crippen LogP contribution < -0.4 is 5.32 Å². The Labute approximate surface area is 153 Å². The topological polar surface area (TPSA) is 38.3 Å². The number of rotatable bonds is 5. The van der Waals surface area contributed by atoms with Crippen molar-refractivity contribution in [1.82, 2.24) is 0 Å². The number of carbonyl (C=O) groups is 1. The fourth-order valence-corrected chi connectivity index (χ4v) is 3.12. The van der Waals surface area contributed by atoms with E-state index in [1.807, 2.05) is 0 Å². The summed E-state index contributed by atoms with van der Waals surface area (Å²) in [6.07, 6.45) is 1.80. The minimum absolute atomic E-state index is 0.274. The van der Waals surface area contributed by atoms with Crippen molar-refractivity contribution in [3.8, 4) is 0 Å². The number of halogens is 3. The number of thioether (sulfide) groups is 1. The molecular weight excluding hydrogens is 372 g/mol. The van der Waals surface area contributed by atoms with Crippen LogP contribution in [0.5, 0.6) is 0 Å². The Balaban J connectivity index is 2.54. The summed E-state index contributed by atoms with van der Waals surface area (Å²) >= 11 is 13.5. The second kappa shape index (κ2) is 8.42. The predicted octanol–water partition coefficient (Wildman–Crippen LogP) is 5.45. The van der Waals surface area contributed by atoms with Gasteiger partial charge in [0, 0.05) is 16.3 Å². The third-order valence-corrected chi connectivity index (χ3v) is 4.39. The maximum absolute atomic E-state index is 13.1. The molecule has 3 nitrogen and oxygen atoms in total. The lowest BCUT2D eigenvalue weighted by molar-refractivity contribution is -0.133. The van der Waals surface area contributed by atoms with Gasteiger partial charge in [0.25, 0.3) is 0 Å². The van der Waals surface area contributed by atoms with Crippen LogP contribution in [0.15, 0.2) is 47.5 Å². The van der Waals surface area contributed by atoms with Crippen molar-refractivity contribution in [2.75, 3.05) is 18.7 Å². The number of esters is 1. The van der Waals surface area contributed by atoms with Gasteiger partial charge in [-0.15, -0.1) is 11.8 Å². The highest BCUT2D eigenvalue weighted by molar-refractivity contribution is 8.02. The van der Waals surface area contributed by atoms with E-state index in [1.54, 1.807) is 36.6 Å². The fraction of sp³-hybridized carbons (Fsp3) is 0.118. The number of methoxy groups -OCH3 is 1. The fourth-order valence-electron chi connectivity index (χ4n) is 2.00. The molecule has 2 aromatic rings. The molecule has 0 aromatic heterocycles. The molecule has 0 spiro atoms. The molecule has 126 valence electrons. The molecule has 0 saturated carbocycles. The van der Waals surface area contributed by atoms with Crippen LogP contribution in [0.25, 0.3) is 5.57 Å². The molecule has 2 aromatic carbocycles. The Morgan fingerprint density at radius 1 is 1.17 bits per heavy atom. The van der Waals surface area contributed by atoms with Gasteiger partial charge in [-0.1, -0.05) is 29.3 Å². The molecule has 0 atom stereocenters. The van der Waals surface area contributed by atoms with Crippen LogP contribution in [0.1, 0.15) is 5.56 Å². The second-order valence-electron chi connectivity index (χ2n) is 4.66. The average Bonchev–Trinajstić information content (AvgIpc) is 2.57. The van der Waals surface area contributed by atoms with E-state index in [2.05, 4.69) is 5.32 Å². The van der Waals surface area contributed by atoms with Crippen molar-refractivity contribution in [2.24, 2.45) is 0 Å². The Bertz CT molecular complexity index is 779. The van der Waals surface area contributed by atoms with E-state index in [-0.39, 0.29) is 11.4 Å². The van der Waals surface area contributed by atoms with E-state index < -0.39 is 5.97 Å². The zero-order chi connectivity index (χ0) is 17.7. The van der Waals surface area contributed by atoms with Crippen molar-refractivity contribution < 1.29 is 13.9 Å². The van der Waals surface area contributed by atoms with Crippen LogP contribution in [0.3, 0.4) is 0 Å². The molecule has 0 bridgehead atoms. The lowest BCUT2D eigenvalue weighted by Crippen LogP contribution is -2.10. The third kappa shape index (κ3) is 4.44. The number of ether oxygens (including phenoxy) is 1. The van der Waals surface area contributed by atoms with E-state index in [0.29, 0.717) is 26.3 Å². The Hall–Kier alpha value is -1.69. The van der Waals surface area contributed by atoms with E-state index >= 15 is 0 Å². The standard InChI is InChI=1S/C17H14Cl2FNO2S/c1-23-17(22)15(13-8-3-10(18)9-14(13)19)16(24-2)21-12-6-4-11(20)5-7-12/h3-9,21H,1-2H3. The van der Waals surface area contributed by atoms with E-state index in [4.69, 9.17) is 27.9 Å². The molecule has 0 aliphatic heterocycles. The quantitative estimate of drug-likeness (QED) is 0.548. The number of benzene rings is 2. The predicted molar refractivity (Wildman–Crippen MR) is 98.9 cm³/mol. The van der Waals surface area contributed by atoms with Crippen LogP contribution in [0.4, 0.5) is 10.1 Å². The summed E-state index contributed by atoms with van der Waals surface area (Å²) < 4.78 is 17.9. The van der Waals surface area contributed by atoms with E-state index in [9.17, 15) is 9.18 Å². The summed E-state index contributed by atoms with van der Waals surface area (Å²) in [7, 11) is 1.29. The number of hydrogen-bond donors (Lipinski definition) is 1. The van der Waals surface area contributed by atoms with Gasteiger partial charge >= 0.3 is 5.97 Å². The monoisotopic (exact) mass is 385 g/mol. The molecule has 2 rings (SSSR count). The zero-order valence-corrected chi connectivity index (χ0v) is 15.2. The first-order chi connectivity index (χ1) is 11.5. The lowest BCUT2D eigenvalue weighted by Gasteiger charge is -2.15. The van der Waals surface area contributed by atoms with Gasteiger partial charge in [-0.3, -0.25) is 0 Å². The van der Waals surface area contributed by atoms with Crippen LogP contribution in [0.2, 0.25) is 10.0 Å². The number of hydrogen-bond acceptors (Lipinski definition) is 4. The van der Waals surface area contributed by atoms with Crippen molar-refractivity contribution in [1.29, 1.82) is 0 Å². The summed E-state index contributed by atoms with van der Waals surface area (Å²) in [6.45, 7) is 0. The van der Waals surface area contributed by atoms with Crippen LogP contribution in [0, 0.1) is 5.82 Å². The van der Waals surface area contributed by atoms with Crippen LogP contribution in [-0.2, 0) is 9.53 Å². The molecule has 0 radical (unpaired) electrons. The molecule has 0 amide bonds. The highest BCUT2D eigenvalue weighted by atomic mass is 35.5. The van der Waals surface area contributed by atoms with Crippen LogP contribution in [-0.4, -0.2) is 19.3 Å². The smallest absolute Gasteiger partial charge is 0.341 e. The summed E-state index contributed by atoms with van der Waals surface area (Å²) in [5.74, 6) is -0.887. The number of anilines is 1. The maximum Gasteiger partial charge on any atom is 0.341 e. The Morgan fingerprint density at radius 2 is 1.83 bits per heavy atom. The summed E-state index contributed by atoms with van der Waals surface area (Å²) in [4.78, 5) is 12.3. The third-order valence-electron chi connectivity index (χ3n) is 3.12. The first kappa shape index (κ1) is 18.6. The molecule has 7 heteroatoms. The molecule has 0 aliphatic rings. The first-order valence-electron chi connectivity index (χ1n) is 6.81. The molecule has 0 saturated heterocycles. The highest BCUT2D eigenvalue weighted by Gasteiger charge is 2.21. The van der Waals surface area contributed by atoms with Gasteiger partial charge in [0.05, 0.1) is 22.7 Å². The second-order valence-corrected chi connectivity index (χ2v) is 6.32. The van der Waals surface area contributed by atoms with Crippen LogP contribution >= 0.6 is 35.0 Å². The highest BCUT2D eigenvalue weighted by Crippen LogP contribution is 2.33. The summed E-state index contributed by atoms with van der Waals surface area (Å²) in [5, 5.41) is 4.41. The average molecular weight is 386 g/mol. The van der Waals surface area contributed by atoms with Gasteiger partial charge in [-0.2, -0.15) is 0 Å². The van der Waals surface area contributed by atoms with Gasteiger partial charge in [0.2, 0.25) is 0 Å². The van der Waals surface area contributed by atoms with Gasteiger partial charge in [0.1, 0.15) is 5.82 Å². The molecule has 0 fully saturated rings. The molecular formula is C17H14Cl2FNO2S. The summed E-state index contributed by atoms with van der Waals surface area (Å²) in [5.41, 5.74) is 1.40. The van der Waals surface area contributed by atoms with E-state index in [0.717, 1.165) is 0 Å². The van der Waals surface area contributed by atoms with Crippen molar-refractivity contribution in [3.05, 3.63) is 68.9 Å². The lowest BCUT2D eigenvalue weighted by atomic mass is 10.1. The largest absolute Gasteiger partial charge is 0.465 e. The number of nitrogens with one attached hydrogen (secondary N) is 1. The molecule has 0 heterocycles.